The van der Waals surface area contributed by atoms with E-state index in [0.29, 0.717) is 23.7 Å². The van der Waals surface area contributed by atoms with Gasteiger partial charge >= 0.3 is 0 Å². The molecule has 19 heavy (non-hydrogen) atoms. The fraction of sp³-hybridized carbons (Fsp3) is 0.385. The molecule has 0 unspecified atom stereocenters. The summed E-state index contributed by atoms with van der Waals surface area (Å²) < 4.78 is 31.1. The van der Waals surface area contributed by atoms with Gasteiger partial charge in [0.2, 0.25) is 5.89 Å². The zero-order valence-corrected chi connectivity index (χ0v) is 10.6. The number of nitrogens with one attached hydrogen (secondary N) is 1. The van der Waals surface area contributed by atoms with Gasteiger partial charge in [-0.25, -0.2) is 8.78 Å². The molecule has 6 heteroatoms. The van der Waals surface area contributed by atoms with E-state index < -0.39 is 11.6 Å². The van der Waals surface area contributed by atoms with Gasteiger partial charge in [0.25, 0.3) is 0 Å². The van der Waals surface area contributed by atoms with Crippen molar-refractivity contribution in [2.75, 3.05) is 13.6 Å². The Bertz CT molecular complexity index is 522. The summed E-state index contributed by atoms with van der Waals surface area (Å²) in [5.41, 5.74) is 0.486. The summed E-state index contributed by atoms with van der Waals surface area (Å²) >= 11 is 0. The second-order valence-electron chi connectivity index (χ2n) is 4.27. The van der Waals surface area contributed by atoms with Crippen molar-refractivity contribution in [3.05, 3.63) is 47.1 Å². The van der Waals surface area contributed by atoms with Gasteiger partial charge in [-0.1, -0.05) is 5.16 Å². The van der Waals surface area contributed by atoms with E-state index in [4.69, 9.17) is 4.52 Å². The molecule has 1 aromatic carbocycles. The van der Waals surface area contributed by atoms with Crippen molar-refractivity contribution in [3.8, 4) is 0 Å². The molecular weight excluding hydrogens is 252 g/mol. The van der Waals surface area contributed by atoms with E-state index in [1.54, 1.807) is 0 Å². The molecule has 0 saturated carbocycles. The molecule has 0 amide bonds. The molecule has 2 aromatic rings. The lowest BCUT2D eigenvalue weighted by atomic mass is 10.1. The molecule has 0 spiro atoms. The first-order valence-electron chi connectivity index (χ1n) is 6.08. The van der Waals surface area contributed by atoms with E-state index in [-0.39, 0.29) is 6.42 Å². The van der Waals surface area contributed by atoms with Crippen LogP contribution in [0.5, 0.6) is 0 Å². The fourth-order valence-corrected chi connectivity index (χ4v) is 1.78. The fourth-order valence-electron chi connectivity index (χ4n) is 1.78. The number of halogens is 2. The predicted molar refractivity (Wildman–Crippen MR) is 65.7 cm³/mol. The third kappa shape index (κ3) is 4.10. The molecule has 0 atom stereocenters. The summed E-state index contributed by atoms with van der Waals surface area (Å²) in [6.07, 6.45) is 1.84. The maximum Gasteiger partial charge on any atom is 0.226 e. The van der Waals surface area contributed by atoms with Crippen LogP contribution in [0.1, 0.15) is 23.7 Å². The minimum Gasteiger partial charge on any atom is -0.339 e. The average molecular weight is 267 g/mol. The lowest BCUT2D eigenvalue weighted by Gasteiger charge is -1.98. The second-order valence-corrected chi connectivity index (χ2v) is 4.27. The monoisotopic (exact) mass is 267 g/mol. The zero-order chi connectivity index (χ0) is 13.7. The molecule has 0 aliphatic rings. The van der Waals surface area contributed by atoms with Crippen LogP contribution in [0.4, 0.5) is 8.78 Å². The van der Waals surface area contributed by atoms with Gasteiger partial charge in [0, 0.05) is 18.9 Å². The standard InChI is InChI=1S/C13H15F2N3O/c1-16-4-2-3-13-17-12(18-19-13)7-9-5-10(14)8-11(15)6-9/h5-6,8,16H,2-4,7H2,1H3. The molecule has 1 aromatic heterocycles. The van der Waals surface area contributed by atoms with Crippen molar-refractivity contribution >= 4 is 0 Å². The Labute approximate surface area is 109 Å². The highest BCUT2D eigenvalue weighted by molar-refractivity contribution is 5.21. The summed E-state index contributed by atoms with van der Waals surface area (Å²) in [4.78, 5) is 4.19. The summed E-state index contributed by atoms with van der Waals surface area (Å²) in [7, 11) is 1.87. The molecule has 1 heterocycles. The minimum absolute atomic E-state index is 0.254. The summed E-state index contributed by atoms with van der Waals surface area (Å²) in [5, 5.41) is 6.82. The predicted octanol–water partition coefficient (Wildman–Crippen LogP) is 2.09. The largest absolute Gasteiger partial charge is 0.339 e. The molecule has 0 bridgehead atoms. The topological polar surface area (TPSA) is 51.0 Å². The van der Waals surface area contributed by atoms with Crippen molar-refractivity contribution in [2.24, 2.45) is 0 Å². The van der Waals surface area contributed by atoms with Crippen LogP contribution in [0, 0.1) is 11.6 Å². The molecule has 1 N–H and O–H groups in total. The quantitative estimate of drug-likeness (QED) is 0.814. The Balaban J connectivity index is 1.99. The van der Waals surface area contributed by atoms with Crippen molar-refractivity contribution in [1.82, 2.24) is 15.5 Å². The van der Waals surface area contributed by atoms with Crippen LogP contribution in [0.15, 0.2) is 22.7 Å². The van der Waals surface area contributed by atoms with E-state index in [1.807, 2.05) is 7.05 Å². The Morgan fingerprint density at radius 2 is 1.95 bits per heavy atom. The zero-order valence-electron chi connectivity index (χ0n) is 10.6. The SMILES string of the molecule is CNCCCc1nc(Cc2cc(F)cc(F)c2)no1. The highest BCUT2D eigenvalue weighted by Gasteiger charge is 2.08. The molecule has 0 saturated heterocycles. The molecule has 0 radical (unpaired) electrons. The first-order valence-corrected chi connectivity index (χ1v) is 6.08. The first-order chi connectivity index (χ1) is 9.17. The molecule has 4 nitrogen and oxygen atoms in total. The first kappa shape index (κ1) is 13.6. The Morgan fingerprint density at radius 3 is 2.63 bits per heavy atom. The van der Waals surface area contributed by atoms with E-state index in [9.17, 15) is 8.78 Å². The smallest absolute Gasteiger partial charge is 0.226 e. The van der Waals surface area contributed by atoms with Gasteiger partial charge in [-0.15, -0.1) is 0 Å². The third-order valence-electron chi connectivity index (χ3n) is 2.61. The molecule has 0 aliphatic heterocycles. The van der Waals surface area contributed by atoms with Gasteiger partial charge in [0.15, 0.2) is 5.82 Å². The number of nitrogens with zero attached hydrogens (tertiary/aromatic N) is 2. The lowest BCUT2D eigenvalue weighted by Crippen LogP contribution is -2.08. The highest BCUT2D eigenvalue weighted by Crippen LogP contribution is 2.12. The second kappa shape index (κ2) is 6.38. The van der Waals surface area contributed by atoms with E-state index >= 15 is 0 Å². The van der Waals surface area contributed by atoms with E-state index in [2.05, 4.69) is 15.5 Å². The molecular formula is C13H15F2N3O. The van der Waals surface area contributed by atoms with Crippen LogP contribution < -0.4 is 5.32 Å². The van der Waals surface area contributed by atoms with Crippen molar-refractivity contribution in [3.63, 3.8) is 0 Å². The number of hydrogen-bond donors (Lipinski definition) is 1. The van der Waals surface area contributed by atoms with Crippen LogP contribution in [0.3, 0.4) is 0 Å². The number of aromatic nitrogens is 2. The maximum atomic E-state index is 13.0. The number of hydrogen-bond acceptors (Lipinski definition) is 4. The normalized spacial score (nSPS) is 10.9. The van der Waals surface area contributed by atoms with Crippen LogP contribution in [0.25, 0.3) is 0 Å². The van der Waals surface area contributed by atoms with E-state index in [1.165, 1.54) is 12.1 Å². The molecule has 2 rings (SSSR count). The van der Waals surface area contributed by atoms with Crippen LogP contribution in [0.2, 0.25) is 0 Å². The summed E-state index contributed by atoms with van der Waals surface area (Å²) in [6.45, 7) is 0.868. The average Bonchev–Trinajstić information content (AvgIpc) is 2.76. The van der Waals surface area contributed by atoms with Crippen molar-refractivity contribution < 1.29 is 13.3 Å². The highest BCUT2D eigenvalue weighted by atomic mass is 19.1. The van der Waals surface area contributed by atoms with Gasteiger partial charge in [-0.3, -0.25) is 0 Å². The number of benzene rings is 1. The Kier molecular flexibility index (Phi) is 4.57. The third-order valence-corrected chi connectivity index (χ3v) is 2.61. The molecule has 0 fully saturated rings. The van der Waals surface area contributed by atoms with Crippen molar-refractivity contribution in [2.45, 2.75) is 19.3 Å². The molecule has 0 aliphatic carbocycles. The number of rotatable bonds is 6. The van der Waals surface area contributed by atoms with E-state index in [0.717, 1.165) is 19.0 Å². The summed E-state index contributed by atoms with van der Waals surface area (Å²) in [5.74, 6) is -0.230. The van der Waals surface area contributed by atoms with Gasteiger partial charge in [0.1, 0.15) is 11.6 Å². The van der Waals surface area contributed by atoms with Gasteiger partial charge in [-0.05, 0) is 37.7 Å². The van der Waals surface area contributed by atoms with Crippen LogP contribution in [-0.4, -0.2) is 23.7 Å². The number of aryl methyl sites for hydroxylation is 1. The van der Waals surface area contributed by atoms with Crippen molar-refractivity contribution in [1.29, 1.82) is 0 Å². The van der Waals surface area contributed by atoms with Crippen LogP contribution >= 0.6 is 0 Å². The summed E-state index contributed by atoms with van der Waals surface area (Å²) in [6, 6.07) is 3.36. The lowest BCUT2D eigenvalue weighted by molar-refractivity contribution is 0.370. The minimum atomic E-state index is -0.604. The van der Waals surface area contributed by atoms with Gasteiger partial charge in [0.05, 0.1) is 0 Å². The molecule has 102 valence electrons. The van der Waals surface area contributed by atoms with Gasteiger partial charge < -0.3 is 9.84 Å². The Hall–Kier alpha value is -1.82. The van der Waals surface area contributed by atoms with Crippen LogP contribution in [-0.2, 0) is 12.8 Å². The van der Waals surface area contributed by atoms with Gasteiger partial charge in [-0.2, -0.15) is 4.98 Å². The maximum absolute atomic E-state index is 13.0. The Morgan fingerprint density at radius 1 is 1.21 bits per heavy atom.